The van der Waals surface area contributed by atoms with Gasteiger partial charge in [0, 0.05) is 20.3 Å². The molecule has 31 heavy (non-hydrogen) atoms. The predicted octanol–water partition coefficient (Wildman–Crippen LogP) is 2.95. The van der Waals surface area contributed by atoms with Crippen LogP contribution in [-0.2, 0) is 4.74 Å². The number of benzene rings is 2. The van der Waals surface area contributed by atoms with E-state index in [9.17, 15) is 9.18 Å². The van der Waals surface area contributed by atoms with Crippen LogP contribution in [0.15, 0.2) is 53.6 Å². The molecule has 4 aromatic rings. The number of nitrogen functional groups attached to an aromatic ring is 1. The molecule has 0 aliphatic carbocycles. The first-order chi connectivity index (χ1) is 15.1. The maximum atomic E-state index is 13.2. The van der Waals surface area contributed by atoms with Gasteiger partial charge in [-0.1, -0.05) is 24.3 Å². The summed E-state index contributed by atoms with van der Waals surface area (Å²) in [5.74, 6) is -0.584. The largest absolute Gasteiger partial charge is 0.385 e. The molecule has 0 saturated carbocycles. The van der Waals surface area contributed by atoms with Gasteiger partial charge in [0.2, 0.25) is 0 Å². The Morgan fingerprint density at radius 2 is 1.90 bits per heavy atom. The topological polar surface area (TPSA) is 107 Å². The molecule has 158 valence electrons. The SMILES string of the molecule is COCCCNC(=O)c1c(N)n(/N=C/c2ccc(F)cc2)c2nc3ccccc3nc12. The molecule has 0 saturated heterocycles. The molecule has 0 spiro atoms. The van der Waals surface area contributed by atoms with Gasteiger partial charge >= 0.3 is 0 Å². The average molecular weight is 420 g/mol. The lowest BCUT2D eigenvalue weighted by Gasteiger charge is -2.05. The van der Waals surface area contributed by atoms with E-state index in [4.69, 9.17) is 10.5 Å². The average Bonchev–Trinajstić information content (AvgIpc) is 3.05. The van der Waals surface area contributed by atoms with Crippen LogP contribution < -0.4 is 11.1 Å². The monoisotopic (exact) mass is 420 g/mol. The Bertz CT molecular complexity index is 1270. The van der Waals surface area contributed by atoms with Crippen molar-refractivity contribution in [3.63, 3.8) is 0 Å². The van der Waals surface area contributed by atoms with E-state index < -0.39 is 0 Å². The molecular formula is C22H21FN6O2. The van der Waals surface area contributed by atoms with Crippen molar-refractivity contribution in [2.24, 2.45) is 5.10 Å². The second-order valence-corrected chi connectivity index (χ2v) is 6.85. The van der Waals surface area contributed by atoms with Gasteiger partial charge in [0.15, 0.2) is 5.65 Å². The van der Waals surface area contributed by atoms with Crippen LogP contribution in [0.1, 0.15) is 22.3 Å². The summed E-state index contributed by atoms with van der Waals surface area (Å²) in [6.45, 7) is 0.961. The van der Waals surface area contributed by atoms with Crippen molar-refractivity contribution in [2.75, 3.05) is 26.0 Å². The number of carbonyl (C=O) groups excluding carboxylic acids is 1. The summed E-state index contributed by atoms with van der Waals surface area (Å²) in [6, 6.07) is 13.2. The van der Waals surface area contributed by atoms with Crippen LogP contribution in [0.4, 0.5) is 10.2 Å². The van der Waals surface area contributed by atoms with Crippen LogP contribution in [0.5, 0.6) is 0 Å². The van der Waals surface area contributed by atoms with Crippen molar-refractivity contribution < 1.29 is 13.9 Å². The van der Waals surface area contributed by atoms with E-state index >= 15 is 0 Å². The zero-order valence-corrected chi connectivity index (χ0v) is 16.9. The minimum Gasteiger partial charge on any atom is -0.385 e. The van der Waals surface area contributed by atoms with Crippen LogP contribution in [0, 0.1) is 5.82 Å². The molecule has 0 radical (unpaired) electrons. The molecule has 9 heteroatoms. The number of anilines is 1. The van der Waals surface area contributed by atoms with Gasteiger partial charge in [-0.3, -0.25) is 4.79 Å². The maximum absolute atomic E-state index is 13.2. The third kappa shape index (κ3) is 4.22. The second kappa shape index (κ2) is 8.88. The maximum Gasteiger partial charge on any atom is 0.257 e. The van der Waals surface area contributed by atoms with Crippen molar-refractivity contribution in [3.05, 3.63) is 65.5 Å². The van der Waals surface area contributed by atoms with E-state index in [1.54, 1.807) is 19.2 Å². The molecule has 0 aliphatic rings. The molecule has 0 fully saturated rings. The fourth-order valence-electron chi connectivity index (χ4n) is 3.17. The first-order valence-corrected chi connectivity index (χ1v) is 9.72. The van der Waals surface area contributed by atoms with Crippen LogP contribution >= 0.6 is 0 Å². The van der Waals surface area contributed by atoms with E-state index in [0.717, 1.165) is 0 Å². The molecular weight excluding hydrogens is 399 g/mol. The van der Waals surface area contributed by atoms with Crippen molar-refractivity contribution in [2.45, 2.75) is 6.42 Å². The molecule has 2 heterocycles. The van der Waals surface area contributed by atoms with Crippen LogP contribution in [0.3, 0.4) is 0 Å². The van der Waals surface area contributed by atoms with Crippen LogP contribution in [0.25, 0.3) is 22.2 Å². The Balaban J connectivity index is 1.80. The molecule has 3 N–H and O–H groups in total. The molecule has 2 aromatic carbocycles. The second-order valence-electron chi connectivity index (χ2n) is 6.85. The summed E-state index contributed by atoms with van der Waals surface area (Å²) in [6.07, 6.45) is 2.19. The summed E-state index contributed by atoms with van der Waals surface area (Å²) in [5, 5.41) is 7.23. The summed E-state index contributed by atoms with van der Waals surface area (Å²) >= 11 is 0. The normalized spacial score (nSPS) is 11.5. The Morgan fingerprint density at radius 1 is 1.19 bits per heavy atom. The number of hydrogen-bond acceptors (Lipinski definition) is 6. The fourth-order valence-corrected chi connectivity index (χ4v) is 3.17. The number of hydrogen-bond donors (Lipinski definition) is 2. The van der Waals surface area contributed by atoms with E-state index in [0.29, 0.717) is 47.3 Å². The number of methoxy groups -OCH3 is 1. The first-order valence-electron chi connectivity index (χ1n) is 9.72. The number of nitrogens with two attached hydrogens (primary N) is 1. The number of nitrogens with zero attached hydrogens (tertiary/aromatic N) is 4. The highest BCUT2D eigenvalue weighted by Gasteiger charge is 2.23. The number of para-hydroxylation sites is 2. The summed E-state index contributed by atoms with van der Waals surface area (Å²) in [5.41, 5.74) is 9.21. The highest BCUT2D eigenvalue weighted by Crippen LogP contribution is 2.27. The van der Waals surface area contributed by atoms with Crippen molar-refractivity contribution in [1.29, 1.82) is 0 Å². The molecule has 0 aliphatic heterocycles. The van der Waals surface area contributed by atoms with E-state index in [1.165, 1.54) is 23.0 Å². The first kappa shape index (κ1) is 20.4. The van der Waals surface area contributed by atoms with Gasteiger partial charge in [0.1, 0.15) is 22.7 Å². The fraction of sp³-hybridized carbons (Fsp3) is 0.182. The van der Waals surface area contributed by atoms with Crippen molar-refractivity contribution in [3.8, 4) is 0 Å². The third-order valence-corrected chi connectivity index (χ3v) is 4.70. The van der Waals surface area contributed by atoms with Gasteiger partial charge in [0.25, 0.3) is 5.91 Å². The zero-order valence-electron chi connectivity index (χ0n) is 16.9. The van der Waals surface area contributed by atoms with Gasteiger partial charge in [-0.15, -0.1) is 0 Å². The number of halogens is 1. The summed E-state index contributed by atoms with van der Waals surface area (Å²) in [7, 11) is 1.60. The Morgan fingerprint density at radius 3 is 2.61 bits per heavy atom. The number of aromatic nitrogens is 3. The lowest BCUT2D eigenvalue weighted by Crippen LogP contribution is -2.26. The van der Waals surface area contributed by atoms with Crippen molar-refractivity contribution >= 4 is 40.1 Å². The molecule has 0 unspecified atom stereocenters. The summed E-state index contributed by atoms with van der Waals surface area (Å²) < 4.78 is 19.6. The van der Waals surface area contributed by atoms with Gasteiger partial charge in [-0.05, 0) is 36.2 Å². The summed E-state index contributed by atoms with van der Waals surface area (Å²) in [4.78, 5) is 22.1. The highest BCUT2D eigenvalue weighted by atomic mass is 19.1. The zero-order chi connectivity index (χ0) is 21.8. The Kier molecular flexibility index (Phi) is 5.85. The third-order valence-electron chi connectivity index (χ3n) is 4.70. The number of nitrogens with one attached hydrogen (secondary N) is 1. The van der Waals surface area contributed by atoms with E-state index in [-0.39, 0.29) is 23.1 Å². The Labute approximate surface area is 177 Å². The molecule has 8 nitrogen and oxygen atoms in total. The predicted molar refractivity (Wildman–Crippen MR) is 118 cm³/mol. The highest BCUT2D eigenvalue weighted by molar-refractivity contribution is 6.10. The number of ether oxygens (including phenoxy) is 1. The minimum absolute atomic E-state index is 0.118. The van der Waals surface area contributed by atoms with Gasteiger partial charge in [-0.2, -0.15) is 9.78 Å². The van der Waals surface area contributed by atoms with Crippen molar-refractivity contribution in [1.82, 2.24) is 20.0 Å². The number of fused-ring (bicyclic) bond motifs is 2. The number of carbonyl (C=O) groups is 1. The molecule has 0 atom stereocenters. The van der Waals surface area contributed by atoms with E-state index in [2.05, 4.69) is 20.4 Å². The lowest BCUT2D eigenvalue weighted by atomic mass is 10.2. The molecule has 0 bridgehead atoms. The lowest BCUT2D eigenvalue weighted by molar-refractivity contribution is 0.0951. The standard InChI is InChI=1S/C22H21FN6O2/c1-31-12-4-11-25-22(30)18-19-21(28-17-6-3-2-5-16(17)27-19)29(20(18)24)26-13-14-7-9-15(23)10-8-14/h2-3,5-10,13H,4,11-12,24H2,1H3,(H,25,30)/b26-13+. The van der Waals surface area contributed by atoms with Crippen LogP contribution in [-0.4, -0.2) is 47.0 Å². The molecule has 2 aromatic heterocycles. The van der Waals surface area contributed by atoms with Gasteiger partial charge in [-0.25, -0.2) is 14.4 Å². The van der Waals surface area contributed by atoms with E-state index in [1.807, 2.05) is 24.3 Å². The minimum atomic E-state index is -0.362. The van der Waals surface area contributed by atoms with Gasteiger partial charge in [0.05, 0.1) is 17.2 Å². The quantitative estimate of drug-likeness (QED) is 0.353. The molecule has 4 rings (SSSR count). The smallest absolute Gasteiger partial charge is 0.257 e. The number of rotatable bonds is 7. The Hall–Kier alpha value is -3.85. The van der Waals surface area contributed by atoms with Crippen LogP contribution in [0.2, 0.25) is 0 Å². The molecule has 1 amide bonds. The number of amides is 1. The van der Waals surface area contributed by atoms with Gasteiger partial charge < -0.3 is 15.8 Å².